The highest BCUT2D eigenvalue weighted by Crippen LogP contribution is 2.11. The highest BCUT2D eigenvalue weighted by molar-refractivity contribution is 5.86. The molecule has 0 spiro atoms. The molecule has 4 N–H and O–H groups in total. The van der Waals surface area contributed by atoms with Gasteiger partial charge in [-0.1, -0.05) is 147 Å². The smallest absolute Gasteiger partial charge is 0.257 e. The van der Waals surface area contributed by atoms with Crippen molar-refractivity contribution in [1.82, 2.24) is 10.6 Å². The van der Waals surface area contributed by atoms with Crippen LogP contribution in [0.25, 0.3) is 0 Å². The quantitative estimate of drug-likeness (QED) is 0.0396. The molecule has 0 radical (unpaired) electrons. The summed E-state index contributed by atoms with van der Waals surface area (Å²) >= 11 is 0. The first-order chi connectivity index (χ1) is 21.1. The topological polar surface area (TPSA) is 84.2 Å². The van der Waals surface area contributed by atoms with Crippen molar-refractivity contribution < 1.29 is 9.59 Å². The molecule has 0 aromatic carbocycles. The van der Waals surface area contributed by atoms with E-state index in [0.717, 1.165) is 38.5 Å². The number of unbranched alkanes of at least 4 members (excludes halogenated alkanes) is 23. The lowest BCUT2D eigenvalue weighted by Crippen LogP contribution is -2.52. The van der Waals surface area contributed by atoms with E-state index in [1.807, 2.05) is 0 Å². The van der Waals surface area contributed by atoms with Crippen LogP contribution in [0.15, 0.2) is 24.3 Å². The molecule has 0 saturated carbocycles. The molecular weight excluding hydrogens is 530 g/mol. The Morgan fingerprint density at radius 3 is 1.28 bits per heavy atom. The van der Waals surface area contributed by atoms with Crippen molar-refractivity contribution in [3.8, 4) is 0 Å². The van der Waals surface area contributed by atoms with Crippen LogP contribution in [0.1, 0.15) is 194 Å². The van der Waals surface area contributed by atoms with E-state index < -0.39 is 6.17 Å². The number of rotatable bonds is 33. The molecule has 1 atom stereocenters. The lowest BCUT2D eigenvalue weighted by Gasteiger charge is -2.14. The van der Waals surface area contributed by atoms with E-state index in [0.29, 0.717) is 13.0 Å². The second-order valence-corrected chi connectivity index (χ2v) is 12.6. The van der Waals surface area contributed by atoms with E-state index in [1.165, 1.54) is 135 Å². The minimum Gasteiger partial charge on any atom is -0.353 e. The van der Waals surface area contributed by atoms with E-state index in [1.54, 1.807) is 0 Å². The third-order valence-electron chi connectivity index (χ3n) is 8.25. The van der Waals surface area contributed by atoms with Gasteiger partial charge in [0.2, 0.25) is 5.91 Å². The summed E-state index contributed by atoms with van der Waals surface area (Å²) in [5.41, 5.74) is 5.89. The molecule has 0 aliphatic rings. The first-order valence-corrected chi connectivity index (χ1v) is 18.7. The molecule has 252 valence electrons. The van der Waals surface area contributed by atoms with Gasteiger partial charge in [-0.2, -0.15) is 0 Å². The monoisotopic (exact) mass is 604 g/mol. The maximum absolute atomic E-state index is 12.2. The zero-order chi connectivity index (χ0) is 31.5. The predicted octanol–water partition coefficient (Wildman–Crippen LogP) is 10.6. The average Bonchev–Trinajstić information content (AvgIpc) is 3.00. The van der Waals surface area contributed by atoms with Gasteiger partial charge in [0, 0.05) is 13.0 Å². The summed E-state index contributed by atoms with van der Waals surface area (Å²) in [5.74, 6) is -0.414. The fraction of sp³-hybridized carbons (Fsp3) is 0.842. The molecule has 5 nitrogen and oxygen atoms in total. The standard InChI is InChI=1S/C38H73N3O2/c1-3-5-7-9-11-13-15-17-19-21-23-25-27-29-31-33-35-40-38(43)37(39)41-36(42)34-32-30-28-26-24-22-20-18-16-14-12-10-8-6-4-2/h17-20,37H,3-16,21-35,39H2,1-2H3,(H,40,43)(H,41,42). The Bertz CT molecular complexity index is 662. The molecule has 0 rings (SSSR count). The molecule has 0 aromatic heterocycles. The summed E-state index contributed by atoms with van der Waals surface area (Å²) in [6.07, 6.45) is 42.7. The molecule has 1 unspecified atom stereocenters. The molecule has 0 heterocycles. The van der Waals surface area contributed by atoms with E-state index in [4.69, 9.17) is 5.73 Å². The molecule has 0 fully saturated rings. The fourth-order valence-electron chi connectivity index (χ4n) is 5.36. The van der Waals surface area contributed by atoms with Crippen LogP contribution in [0.5, 0.6) is 0 Å². The van der Waals surface area contributed by atoms with Gasteiger partial charge < -0.3 is 16.4 Å². The highest BCUT2D eigenvalue weighted by atomic mass is 16.2. The minimum absolute atomic E-state index is 0.127. The van der Waals surface area contributed by atoms with Crippen LogP contribution >= 0.6 is 0 Å². The summed E-state index contributed by atoms with van der Waals surface area (Å²) in [4.78, 5) is 24.3. The van der Waals surface area contributed by atoms with E-state index in [2.05, 4.69) is 48.8 Å². The number of amides is 2. The van der Waals surface area contributed by atoms with Gasteiger partial charge in [-0.25, -0.2) is 0 Å². The zero-order valence-corrected chi connectivity index (χ0v) is 28.8. The van der Waals surface area contributed by atoms with Crippen LogP contribution in [-0.2, 0) is 9.59 Å². The number of nitrogens with one attached hydrogen (secondary N) is 2. The SMILES string of the molecule is CCCCCCCCC=CCCCCCCCCNC(=O)C(N)NC(=O)CCCCCCCC=CCCCCCCCC. The first kappa shape index (κ1) is 41.4. The molecule has 0 aliphatic heterocycles. The number of carbonyl (C=O) groups is 2. The van der Waals surface area contributed by atoms with Crippen molar-refractivity contribution in [2.75, 3.05) is 6.54 Å². The Morgan fingerprint density at radius 2 is 0.860 bits per heavy atom. The van der Waals surface area contributed by atoms with Crippen LogP contribution in [0, 0.1) is 0 Å². The van der Waals surface area contributed by atoms with Gasteiger partial charge in [-0.05, 0) is 64.2 Å². The van der Waals surface area contributed by atoms with Crippen LogP contribution in [0.2, 0.25) is 0 Å². The van der Waals surface area contributed by atoms with Crippen LogP contribution in [-0.4, -0.2) is 24.5 Å². The van der Waals surface area contributed by atoms with Crippen LogP contribution < -0.4 is 16.4 Å². The van der Waals surface area contributed by atoms with Gasteiger partial charge in [0.1, 0.15) is 0 Å². The highest BCUT2D eigenvalue weighted by Gasteiger charge is 2.15. The number of allylic oxidation sites excluding steroid dienone is 4. The Kier molecular flexibility index (Phi) is 33.6. The second-order valence-electron chi connectivity index (χ2n) is 12.6. The summed E-state index contributed by atoms with van der Waals surface area (Å²) in [7, 11) is 0. The molecular formula is C38H73N3O2. The summed E-state index contributed by atoms with van der Waals surface area (Å²) in [6, 6.07) is 0. The minimum atomic E-state index is -0.954. The average molecular weight is 604 g/mol. The van der Waals surface area contributed by atoms with Crippen molar-refractivity contribution in [2.45, 2.75) is 200 Å². The van der Waals surface area contributed by atoms with E-state index in [9.17, 15) is 9.59 Å². The van der Waals surface area contributed by atoms with Crippen LogP contribution in [0.4, 0.5) is 0 Å². The first-order valence-electron chi connectivity index (χ1n) is 18.7. The van der Waals surface area contributed by atoms with Crippen molar-refractivity contribution in [2.24, 2.45) is 5.73 Å². The summed E-state index contributed by atoms with van der Waals surface area (Å²) in [6.45, 7) is 5.15. The largest absolute Gasteiger partial charge is 0.353 e. The zero-order valence-electron chi connectivity index (χ0n) is 28.8. The van der Waals surface area contributed by atoms with Gasteiger partial charge >= 0.3 is 0 Å². The molecule has 0 saturated heterocycles. The lowest BCUT2D eigenvalue weighted by molar-refractivity contribution is -0.128. The molecule has 5 heteroatoms. The van der Waals surface area contributed by atoms with Crippen molar-refractivity contribution in [3.63, 3.8) is 0 Å². The third-order valence-corrected chi connectivity index (χ3v) is 8.25. The van der Waals surface area contributed by atoms with Gasteiger partial charge in [-0.3, -0.25) is 9.59 Å². The maximum Gasteiger partial charge on any atom is 0.257 e. The van der Waals surface area contributed by atoms with E-state index >= 15 is 0 Å². The summed E-state index contributed by atoms with van der Waals surface area (Å²) in [5, 5.41) is 5.51. The van der Waals surface area contributed by atoms with Gasteiger partial charge in [-0.15, -0.1) is 0 Å². The molecule has 43 heavy (non-hydrogen) atoms. The Labute approximate surface area is 268 Å². The van der Waals surface area contributed by atoms with Crippen molar-refractivity contribution >= 4 is 11.8 Å². The Balaban J connectivity index is 3.47. The third kappa shape index (κ3) is 33.1. The van der Waals surface area contributed by atoms with Gasteiger partial charge in [0.15, 0.2) is 6.17 Å². The van der Waals surface area contributed by atoms with Crippen molar-refractivity contribution in [3.05, 3.63) is 24.3 Å². The lowest BCUT2D eigenvalue weighted by atomic mass is 10.1. The number of hydrogen-bond acceptors (Lipinski definition) is 3. The molecule has 2 amide bonds. The molecule has 0 aliphatic carbocycles. The summed E-state index contributed by atoms with van der Waals surface area (Å²) < 4.78 is 0. The van der Waals surface area contributed by atoms with Crippen molar-refractivity contribution in [1.29, 1.82) is 0 Å². The van der Waals surface area contributed by atoms with Gasteiger partial charge in [0.05, 0.1) is 0 Å². The number of hydrogen-bond donors (Lipinski definition) is 3. The number of carbonyl (C=O) groups excluding carboxylic acids is 2. The van der Waals surface area contributed by atoms with E-state index in [-0.39, 0.29) is 11.8 Å². The Morgan fingerprint density at radius 1 is 0.512 bits per heavy atom. The second kappa shape index (κ2) is 34.9. The van der Waals surface area contributed by atoms with Crippen LogP contribution in [0.3, 0.4) is 0 Å². The fourth-order valence-corrected chi connectivity index (χ4v) is 5.36. The number of nitrogens with two attached hydrogens (primary N) is 1. The Hall–Kier alpha value is -1.62. The van der Waals surface area contributed by atoms with Gasteiger partial charge in [0.25, 0.3) is 5.91 Å². The molecule has 0 bridgehead atoms. The normalized spacial score (nSPS) is 12.3. The molecule has 0 aromatic rings. The maximum atomic E-state index is 12.2. The predicted molar refractivity (Wildman–Crippen MR) is 188 cm³/mol.